The fourth-order valence-electron chi connectivity index (χ4n) is 1.94. The molecule has 1 aromatic rings. The predicted molar refractivity (Wildman–Crippen MR) is 71.8 cm³/mol. The molecule has 2 N–H and O–H groups in total. The molecule has 18 heavy (non-hydrogen) atoms. The molecule has 0 atom stereocenters. The van der Waals surface area contributed by atoms with Gasteiger partial charge in [-0.3, -0.25) is 9.48 Å². The summed E-state index contributed by atoms with van der Waals surface area (Å²) in [7, 11) is 1.80. The van der Waals surface area contributed by atoms with Crippen LogP contribution in [0.15, 0.2) is 6.07 Å². The molecule has 1 fully saturated rings. The molecule has 0 unspecified atom stereocenters. The largest absolute Gasteiger partial charge is 0.388 e. The maximum absolute atomic E-state index is 11.9. The molecule has 0 aromatic carbocycles. The lowest BCUT2D eigenvalue weighted by Gasteiger charge is -2.31. The quantitative estimate of drug-likeness (QED) is 0.848. The summed E-state index contributed by atoms with van der Waals surface area (Å²) < 4.78 is 1.67. The van der Waals surface area contributed by atoms with Gasteiger partial charge in [0.15, 0.2) is 0 Å². The lowest BCUT2D eigenvalue weighted by Crippen LogP contribution is -2.45. The number of aliphatic hydroxyl groups is 1. The number of hydrogen-bond donors (Lipinski definition) is 2. The van der Waals surface area contributed by atoms with Crippen LogP contribution in [0.5, 0.6) is 0 Å². The highest BCUT2D eigenvalue weighted by molar-refractivity contribution is 7.99. The monoisotopic (exact) mass is 269 g/mol. The molecule has 0 saturated carbocycles. The second-order valence-electron chi connectivity index (χ2n) is 4.81. The SMILES string of the molecule is Cc1cc(C(=O)NCC2(O)CCSCC2)nn1C. The first-order valence-corrected chi connectivity index (χ1v) is 7.25. The maximum atomic E-state index is 11.9. The third-order valence-electron chi connectivity index (χ3n) is 3.35. The van der Waals surface area contributed by atoms with Crippen LogP contribution in [0.3, 0.4) is 0 Å². The van der Waals surface area contributed by atoms with Gasteiger partial charge < -0.3 is 10.4 Å². The van der Waals surface area contributed by atoms with Crippen LogP contribution in [-0.2, 0) is 7.05 Å². The number of aromatic nitrogens is 2. The first-order chi connectivity index (χ1) is 8.50. The zero-order chi connectivity index (χ0) is 13.2. The molecule has 2 heterocycles. The van der Waals surface area contributed by atoms with Crippen molar-refractivity contribution in [3.63, 3.8) is 0 Å². The lowest BCUT2D eigenvalue weighted by atomic mass is 9.97. The van der Waals surface area contributed by atoms with E-state index >= 15 is 0 Å². The predicted octanol–water partition coefficient (Wildman–Crippen LogP) is 0.716. The number of hydrogen-bond acceptors (Lipinski definition) is 4. The lowest BCUT2D eigenvalue weighted by molar-refractivity contribution is 0.0310. The summed E-state index contributed by atoms with van der Waals surface area (Å²) in [5.74, 6) is 1.69. The number of aryl methyl sites for hydroxylation is 2. The molecule has 0 spiro atoms. The Kier molecular flexibility index (Phi) is 3.97. The van der Waals surface area contributed by atoms with E-state index in [1.165, 1.54) is 0 Å². The highest BCUT2D eigenvalue weighted by atomic mass is 32.2. The normalized spacial score (nSPS) is 18.6. The number of nitrogens with zero attached hydrogens (tertiary/aromatic N) is 2. The van der Waals surface area contributed by atoms with Crippen molar-refractivity contribution in [2.24, 2.45) is 7.05 Å². The molecule has 0 radical (unpaired) electrons. The van der Waals surface area contributed by atoms with E-state index in [9.17, 15) is 9.90 Å². The highest BCUT2D eigenvalue weighted by Gasteiger charge is 2.30. The molecular weight excluding hydrogens is 250 g/mol. The van der Waals surface area contributed by atoms with Gasteiger partial charge in [-0.1, -0.05) is 0 Å². The number of nitrogens with one attached hydrogen (secondary N) is 1. The molecule has 100 valence electrons. The van der Waals surface area contributed by atoms with Crippen molar-refractivity contribution in [2.75, 3.05) is 18.1 Å². The smallest absolute Gasteiger partial charge is 0.271 e. The average molecular weight is 269 g/mol. The van der Waals surface area contributed by atoms with Crippen LogP contribution in [-0.4, -0.2) is 44.4 Å². The minimum Gasteiger partial charge on any atom is -0.388 e. The Morgan fingerprint density at radius 3 is 2.83 bits per heavy atom. The third-order valence-corrected chi connectivity index (χ3v) is 4.33. The molecule has 1 aliphatic heterocycles. The molecular formula is C12H19N3O2S. The molecule has 1 amide bonds. The molecule has 1 aromatic heterocycles. The van der Waals surface area contributed by atoms with Crippen molar-refractivity contribution in [3.8, 4) is 0 Å². The van der Waals surface area contributed by atoms with Crippen molar-refractivity contribution < 1.29 is 9.90 Å². The number of thioether (sulfide) groups is 1. The second kappa shape index (κ2) is 5.32. The molecule has 6 heteroatoms. The average Bonchev–Trinajstić information content (AvgIpc) is 2.68. The van der Waals surface area contributed by atoms with Gasteiger partial charge in [-0.2, -0.15) is 16.9 Å². The van der Waals surface area contributed by atoms with Crippen LogP contribution in [0.2, 0.25) is 0 Å². The Morgan fingerprint density at radius 1 is 1.61 bits per heavy atom. The van der Waals surface area contributed by atoms with E-state index in [2.05, 4.69) is 10.4 Å². The Bertz CT molecular complexity index is 419. The molecule has 5 nitrogen and oxygen atoms in total. The van der Waals surface area contributed by atoms with E-state index < -0.39 is 5.60 Å². The standard InChI is InChI=1S/C12H19N3O2S/c1-9-7-10(14-15(9)2)11(16)13-8-12(17)3-5-18-6-4-12/h7,17H,3-6,8H2,1-2H3,(H,13,16). The zero-order valence-corrected chi connectivity index (χ0v) is 11.6. The number of amides is 1. The molecule has 1 saturated heterocycles. The van der Waals surface area contributed by atoms with Gasteiger partial charge in [-0.05, 0) is 37.3 Å². The van der Waals surface area contributed by atoms with Crippen molar-refractivity contribution in [1.82, 2.24) is 15.1 Å². The van der Waals surface area contributed by atoms with Crippen LogP contribution in [0.4, 0.5) is 0 Å². The fraction of sp³-hybridized carbons (Fsp3) is 0.667. The van der Waals surface area contributed by atoms with Crippen molar-refractivity contribution in [2.45, 2.75) is 25.4 Å². The van der Waals surface area contributed by atoms with Crippen LogP contribution in [0, 0.1) is 6.92 Å². The van der Waals surface area contributed by atoms with Crippen molar-refractivity contribution in [1.29, 1.82) is 0 Å². The summed E-state index contributed by atoms with van der Waals surface area (Å²) in [5, 5.41) is 17.2. The summed E-state index contributed by atoms with van der Waals surface area (Å²) in [6, 6.07) is 1.75. The summed E-state index contributed by atoms with van der Waals surface area (Å²) in [4.78, 5) is 11.9. The Balaban J connectivity index is 1.91. The number of carbonyl (C=O) groups is 1. The summed E-state index contributed by atoms with van der Waals surface area (Å²) in [5.41, 5.74) is 0.599. The first kappa shape index (κ1) is 13.4. The van der Waals surface area contributed by atoms with Crippen molar-refractivity contribution in [3.05, 3.63) is 17.5 Å². The van der Waals surface area contributed by atoms with Gasteiger partial charge in [0.25, 0.3) is 5.91 Å². The van der Waals surface area contributed by atoms with Gasteiger partial charge in [0.1, 0.15) is 5.69 Å². The summed E-state index contributed by atoms with van der Waals surface area (Å²) in [6.45, 7) is 2.21. The minimum atomic E-state index is -0.745. The van der Waals surface area contributed by atoms with Crippen LogP contribution in [0.25, 0.3) is 0 Å². The Hall–Kier alpha value is -1.01. The van der Waals surface area contributed by atoms with Gasteiger partial charge in [-0.25, -0.2) is 0 Å². The van der Waals surface area contributed by atoms with Gasteiger partial charge >= 0.3 is 0 Å². The van der Waals surface area contributed by atoms with Gasteiger partial charge in [0.05, 0.1) is 5.60 Å². The maximum Gasteiger partial charge on any atom is 0.271 e. The number of rotatable bonds is 3. The van der Waals surface area contributed by atoms with E-state index in [0.717, 1.165) is 30.0 Å². The summed E-state index contributed by atoms with van der Waals surface area (Å²) in [6.07, 6.45) is 1.47. The molecule has 0 aliphatic carbocycles. The van der Waals surface area contributed by atoms with E-state index in [-0.39, 0.29) is 5.91 Å². The first-order valence-electron chi connectivity index (χ1n) is 6.09. The van der Waals surface area contributed by atoms with E-state index in [1.54, 1.807) is 17.8 Å². The molecule has 0 bridgehead atoms. The van der Waals surface area contributed by atoms with E-state index in [4.69, 9.17) is 0 Å². The summed E-state index contributed by atoms with van der Waals surface area (Å²) >= 11 is 1.84. The van der Waals surface area contributed by atoms with Gasteiger partial charge in [0, 0.05) is 19.3 Å². The fourth-order valence-corrected chi connectivity index (χ4v) is 3.19. The van der Waals surface area contributed by atoms with Gasteiger partial charge in [-0.15, -0.1) is 0 Å². The number of carbonyl (C=O) groups excluding carboxylic acids is 1. The van der Waals surface area contributed by atoms with Crippen LogP contribution < -0.4 is 5.32 Å². The second-order valence-corrected chi connectivity index (χ2v) is 6.04. The molecule has 1 aliphatic rings. The van der Waals surface area contributed by atoms with E-state index in [0.29, 0.717) is 12.2 Å². The molecule has 2 rings (SSSR count). The zero-order valence-electron chi connectivity index (χ0n) is 10.8. The van der Waals surface area contributed by atoms with E-state index in [1.807, 2.05) is 18.7 Å². The topological polar surface area (TPSA) is 67.2 Å². The van der Waals surface area contributed by atoms with Gasteiger partial charge in [0.2, 0.25) is 0 Å². The van der Waals surface area contributed by atoms with Crippen LogP contribution in [0.1, 0.15) is 29.0 Å². The van der Waals surface area contributed by atoms with Crippen molar-refractivity contribution >= 4 is 17.7 Å². The minimum absolute atomic E-state index is 0.217. The Morgan fingerprint density at radius 2 is 2.28 bits per heavy atom. The Labute approximate surface area is 111 Å². The third kappa shape index (κ3) is 3.05. The van der Waals surface area contributed by atoms with Crippen LogP contribution >= 0.6 is 11.8 Å². The highest BCUT2D eigenvalue weighted by Crippen LogP contribution is 2.26.